The maximum absolute atomic E-state index is 11.5. The first-order valence-corrected chi connectivity index (χ1v) is 5.90. The lowest BCUT2D eigenvalue weighted by atomic mass is 9.96. The van der Waals surface area contributed by atoms with Crippen LogP contribution in [0.2, 0.25) is 0 Å². The molecule has 1 nitrogen and oxygen atoms in total. The van der Waals surface area contributed by atoms with Crippen molar-refractivity contribution in [3.05, 3.63) is 35.4 Å². The lowest BCUT2D eigenvalue weighted by Crippen LogP contribution is -2.09. The zero-order chi connectivity index (χ0) is 10.7. The number of carbonyl (C=O) groups is 1. The Morgan fingerprint density at radius 2 is 1.87 bits per heavy atom. The van der Waals surface area contributed by atoms with Crippen molar-refractivity contribution in [3.8, 4) is 0 Å². The Balaban J connectivity index is 2.01. The predicted octanol–water partition coefficient (Wildman–Crippen LogP) is 3.16. The summed E-state index contributed by atoms with van der Waals surface area (Å²) in [6.45, 7) is 2.16. The summed E-state index contributed by atoms with van der Waals surface area (Å²) in [5.41, 5.74) is 2.68. The van der Waals surface area contributed by atoms with Crippen molar-refractivity contribution in [3.63, 3.8) is 0 Å². The van der Waals surface area contributed by atoms with E-state index < -0.39 is 0 Å². The molecular formula is C14H18O. The maximum Gasteiger partial charge on any atom is 0.136 e. The zero-order valence-corrected chi connectivity index (χ0v) is 9.33. The molecule has 0 amide bonds. The first kappa shape index (κ1) is 10.4. The second-order valence-corrected chi connectivity index (χ2v) is 4.43. The molecule has 2 rings (SSSR count). The molecule has 1 atom stereocenters. The number of aryl methyl sites for hydroxylation is 1. The third-order valence-corrected chi connectivity index (χ3v) is 3.34. The summed E-state index contributed by atoms with van der Waals surface area (Å²) in [4.78, 5) is 11.5. The summed E-state index contributed by atoms with van der Waals surface area (Å²) in [6, 6.07) is 8.69. The van der Waals surface area contributed by atoms with Gasteiger partial charge in [-0.1, -0.05) is 31.2 Å². The molecule has 1 heteroatoms. The highest BCUT2D eigenvalue weighted by atomic mass is 16.1. The molecule has 80 valence electrons. The fourth-order valence-corrected chi connectivity index (χ4v) is 2.30. The number of carbonyl (C=O) groups excluding carboxylic acids is 1. The van der Waals surface area contributed by atoms with Crippen LogP contribution < -0.4 is 0 Å². The average molecular weight is 202 g/mol. The van der Waals surface area contributed by atoms with Crippen LogP contribution >= 0.6 is 0 Å². The number of benzene rings is 1. The highest BCUT2D eigenvalue weighted by Crippen LogP contribution is 2.25. The van der Waals surface area contributed by atoms with Crippen LogP contribution in [0.1, 0.15) is 37.3 Å². The van der Waals surface area contributed by atoms with Gasteiger partial charge >= 0.3 is 0 Å². The lowest BCUT2D eigenvalue weighted by Gasteiger charge is -2.08. The fraction of sp³-hybridized carbons (Fsp3) is 0.500. The third kappa shape index (κ3) is 2.47. The van der Waals surface area contributed by atoms with E-state index in [0.717, 1.165) is 32.1 Å². The average Bonchev–Trinajstić information content (AvgIpc) is 2.66. The van der Waals surface area contributed by atoms with Gasteiger partial charge in [0.25, 0.3) is 0 Å². The zero-order valence-electron chi connectivity index (χ0n) is 9.33. The van der Waals surface area contributed by atoms with Gasteiger partial charge in [-0.05, 0) is 36.8 Å². The summed E-state index contributed by atoms with van der Waals surface area (Å²) in [5, 5.41) is 0. The van der Waals surface area contributed by atoms with Crippen molar-refractivity contribution in [2.24, 2.45) is 5.92 Å². The molecular weight excluding hydrogens is 184 g/mol. The largest absolute Gasteiger partial charge is 0.299 e. The van der Waals surface area contributed by atoms with Gasteiger partial charge in [-0.3, -0.25) is 4.79 Å². The van der Waals surface area contributed by atoms with Crippen LogP contribution in [-0.4, -0.2) is 5.78 Å². The molecule has 1 aliphatic carbocycles. The molecule has 1 saturated carbocycles. The molecule has 0 heterocycles. The molecule has 1 fully saturated rings. The van der Waals surface area contributed by atoms with E-state index in [4.69, 9.17) is 0 Å². The van der Waals surface area contributed by atoms with E-state index in [1.807, 2.05) is 0 Å². The van der Waals surface area contributed by atoms with Crippen molar-refractivity contribution < 1.29 is 4.79 Å². The third-order valence-electron chi connectivity index (χ3n) is 3.34. The number of Topliss-reactive ketones (excluding diaryl/α,β-unsaturated/α-hetero) is 1. The minimum absolute atomic E-state index is 0.303. The molecule has 15 heavy (non-hydrogen) atoms. The van der Waals surface area contributed by atoms with E-state index in [1.165, 1.54) is 11.1 Å². The van der Waals surface area contributed by atoms with Gasteiger partial charge in [0, 0.05) is 12.3 Å². The summed E-state index contributed by atoms with van der Waals surface area (Å²) in [7, 11) is 0. The standard InChI is InChI=1S/C14H18O/c1-2-11-6-8-12(9-7-11)10-13-4-3-5-14(13)15/h6-9,13H,2-5,10H2,1H3. The van der Waals surface area contributed by atoms with Crippen molar-refractivity contribution in [1.29, 1.82) is 0 Å². The van der Waals surface area contributed by atoms with Crippen molar-refractivity contribution in [2.75, 3.05) is 0 Å². The van der Waals surface area contributed by atoms with Crippen LogP contribution in [0.25, 0.3) is 0 Å². The van der Waals surface area contributed by atoms with Gasteiger partial charge in [0.2, 0.25) is 0 Å². The molecule has 0 bridgehead atoms. The molecule has 1 aromatic rings. The Labute approximate surface area is 91.5 Å². The quantitative estimate of drug-likeness (QED) is 0.735. The molecule has 0 saturated heterocycles. The van der Waals surface area contributed by atoms with Gasteiger partial charge in [-0.2, -0.15) is 0 Å². The molecule has 1 unspecified atom stereocenters. The number of rotatable bonds is 3. The highest BCUT2D eigenvalue weighted by molar-refractivity contribution is 5.83. The van der Waals surface area contributed by atoms with Crippen molar-refractivity contribution in [2.45, 2.75) is 39.0 Å². The second kappa shape index (κ2) is 4.61. The molecule has 0 spiro atoms. The van der Waals surface area contributed by atoms with Crippen molar-refractivity contribution >= 4 is 5.78 Å². The Hall–Kier alpha value is -1.11. The Morgan fingerprint density at radius 3 is 2.40 bits per heavy atom. The maximum atomic E-state index is 11.5. The summed E-state index contributed by atoms with van der Waals surface area (Å²) in [6.07, 6.45) is 5.02. The SMILES string of the molecule is CCc1ccc(CC2CCCC2=O)cc1. The van der Waals surface area contributed by atoms with Crippen LogP contribution in [0.4, 0.5) is 0 Å². The van der Waals surface area contributed by atoms with Gasteiger partial charge in [-0.25, -0.2) is 0 Å². The Bertz CT molecular complexity index is 337. The summed E-state index contributed by atoms with van der Waals surface area (Å²) in [5.74, 6) is 0.770. The van der Waals surface area contributed by atoms with Crippen LogP contribution in [0.3, 0.4) is 0 Å². The summed E-state index contributed by atoms with van der Waals surface area (Å²) >= 11 is 0. The minimum atomic E-state index is 0.303. The van der Waals surface area contributed by atoms with E-state index in [9.17, 15) is 4.79 Å². The second-order valence-electron chi connectivity index (χ2n) is 4.43. The van der Waals surface area contributed by atoms with Crippen LogP contribution in [0.5, 0.6) is 0 Å². The first-order chi connectivity index (χ1) is 7.29. The van der Waals surface area contributed by atoms with E-state index in [0.29, 0.717) is 11.7 Å². The normalized spacial score (nSPS) is 20.9. The van der Waals surface area contributed by atoms with Crippen LogP contribution in [0, 0.1) is 5.92 Å². The fourth-order valence-electron chi connectivity index (χ4n) is 2.30. The minimum Gasteiger partial charge on any atom is -0.299 e. The Kier molecular flexibility index (Phi) is 3.20. The van der Waals surface area contributed by atoms with E-state index >= 15 is 0 Å². The van der Waals surface area contributed by atoms with Gasteiger partial charge in [0.1, 0.15) is 5.78 Å². The lowest BCUT2D eigenvalue weighted by molar-refractivity contribution is -0.120. The Morgan fingerprint density at radius 1 is 1.20 bits per heavy atom. The monoisotopic (exact) mass is 202 g/mol. The van der Waals surface area contributed by atoms with E-state index in [1.54, 1.807) is 0 Å². The molecule has 1 aliphatic rings. The van der Waals surface area contributed by atoms with Gasteiger partial charge in [-0.15, -0.1) is 0 Å². The molecule has 0 aromatic heterocycles. The molecule has 0 radical (unpaired) electrons. The van der Waals surface area contributed by atoms with Gasteiger partial charge < -0.3 is 0 Å². The highest BCUT2D eigenvalue weighted by Gasteiger charge is 2.24. The first-order valence-electron chi connectivity index (χ1n) is 5.90. The molecule has 0 N–H and O–H groups in total. The number of ketones is 1. The molecule has 1 aromatic carbocycles. The summed E-state index contributed by atoms with van der Waals surface area (Å²) < 4.78 is 0. The van der Waals surface area contributed by atoms with Gasteiger partial charge in [0.15, 0.2) is 0 Å². The number of hydrogen-bond acceptors (Lipinski definition) is 1. The van der Waals surface area contributed by atoms with E-state index in [-0.39, 0.29) is 0 Å². The molecule has 0 aliphatic heterocycles. The van der Waals surface area contributed by atoms with Crippen LogP contribution in [-0.2, 0) is 17.6 Å². The van der Waals surface area contributed by atoms with Gasteiger partial charge in [0.05, 0.1) is 0 Å². The number of hydrogen-bond donors (Lipinski definition) is 0. The van der Waals surface area contributed by atoms with Crippen molar-refractivity contribution in [1.82, 2.24) is 0 Å². The smallest absolute Gasteiger partial charge is 0.136 e. The predicted molar refractivity (Wildman–Crippen MR) is 61.9 cm³/mol. The van der Waals surface area contributed by atoms with Crippen LogP contribution in [0.15, 0.2) is 24.3 Å². The topological polar surface area (TPSA) is 17.1 Å². The van der Waals surface area contributed by atoms with E-state index in [2.05, 4.69) is 31.2 Å².